The molecule has 0 unspecified atom stereocenters. The molecule has 0 heterocycles. The number of anilines is 2. The molecule has 0 atom stereocenters. The van der Waals surface area contributed by atoms with E-state index in [0.29, 0.717) is 10.7 Å². The molecule has 0 saturated heterocycles. The van der Waals surface area contributed by atoms with Gasteiger partial charge in [0.1, 0.15) is 0 Å². The fraction of sp³-hybridized carbons (Fsp3) is 0.250. The van der Waals surface area contributed by atoms with Gasteiger partial charge in [0.25, 0.3) is 10.0 Å². The molecule has 2 rings (SSSR count). The first-order chi connectivity index (χ1) is 10.9. The number of sulfonamides is 1. The maximum absolute atomic E-state index is 12.3. The number of hydrogen-bond acceptors (Lipinski definition) is 4. The second kappa shape index (κ2) is 7.68. The molecule has 0 bridgehead atoms. The molecule has 0 aliphatic heterocycles. The smallest absolute Gasteiger partial charge is 0.261 e. The molecule has 2 aromatic rings. The molecule has 0 aromatic heterocycles. The van der Waals surface area contributed by atoms with Gasteiger partial charge in [-0.25, -0.2) is 8.42 Å². The highest BCUT2D eigenvalue weighted by Gasteiger charge is 2.13. The van der Waals surface area contributed by atoms with Crippen molar-refractivity contribution >= 4 is 33.0 Å². The zero-order valence-electron chi connectivity index (χ0n) is 13.1. The number of hydrogen-bond donors (Lipinski definition) is 2. The number of rotatable bonds is 7. The predicted octanol–water partition coefficient (Wildman–Crippen LogP) is 3.11. The van der Waals surface area contributed by atoms with E-state index < -0.39 is 10.0 Å². The molecule has 0 aliphatic carbocycles. The third kappa shape index (κ3) is 5.42. The molecule has 23 heavy (non-hydrogen) atoms. The first-order valence-corrected chi connectivity index (χ1v) is 9.00. The monoisotopic (exact) mass is 353 g/mol. The van der Waals surface area contributed by atoms with Crippen LogP contribution in [0.15, 0.2) is 53.4 Å². The summed E-state index contributed by atoms with van der Waals surface area (Å²) >= 11 is 5.78. The fourth-order valence-corrected chi connectivity index (χ4v) is 3.09. The maximum Gasteiger partial charge on any atom is 0.261 e. The second-order valence-electron chi connectivity index (χ2n) is 5.37. The van der Waals surface area contributed by atoms with E-state index in [0.717, 1.165) is 18.8 Å². The lowest BCUT2D eigenvalue weighted by Crippen LogP contribution is -2.20. The van der Waals surface area contributed by atoms with Gasteiger partial charge in [0.2, 0.25) is 0 Å². The molecule has 0 radical (unpaired) electrons. The third-order valence-electron chi connectivity index (χ3n) is 3.15. The van der Waals surface area contributed by atoms with Crippen LogP contribution in [0.25, 0.3) is 0 Å². The van der Waals surface area contributed by atoms with Crippen molar-refractivity contribution < 1.29 is 8.42 Å². The number of likely N-dealkylation sites (N-methyl/N-ethyl adjacent to an activating group) is 1. The van der Waals surface area contributed by atoms with Crippen molar-refractivity contribution in [2.45, 2.75) is 4.90 Å². The van der Waals surface area contributed by atoms with E-state index in [9.17, 15) is 8.42 Å². The zero-order valence-corrected chi connectivity index (χ0v) is 14.7. The van der Waals surface area contributed by atoms with E-state index in [2.05, 4.69) is 14.9 Å². The van der Waals surface area contributed by atoms with Gasteiger partial charge in [-0.05, 0) is 62.6 Å². The molecule has 0 spiro atoms. The van der Waals surface area contributed by atoms with E-state index in [-0.39, 0.29) is 4.90 Å². The summed E-state index contributed by atoms with van der Waals surface area (Å²) in [5.74, 6) is 0. The van der Waals surface area contributed by atoms with Crippen LogP contribution >= 0.6 is 11.6 Å². The summed E-state index contributed by atoms with van der Waals surface area (Å²) in [6.07, 6.45) is 0. The topological polar surface area (TPSA) is 61.4 Å². The molecular formula is C16H20ClN3O2S. The van der Waals surface area contributed by atoms with Gasteiger partial charge >= 0.3 is 0 Å². The molecule has 7 heteroatoms. The number of nitrogens with one attached hydrogen (secondary N) is 2. The summed E-state index contributed by atoms with van der Waals surface area (Å²) in [4.78, 5) is 2.26. The molecule has 0 fully saturated rings. The Morgan fingerprint density at radius 2 is 1.52 bits per heavy atom. The summed E-state index contributed by atoms with van der Waals surface area (Å²) in [6, 6.07) is 13.2. The van der Waals surface area contributed by atoms with Gasteiger partial charge in [-0.2, -0.15) is 0 Å². The Balaban J connectivity index is 2.01. The Morgan fingerprint density at radius 1 is 0.957 bits per heavy atom. The summed E-state index contributed by atoms with van der Waals surface area (Å²) in [5, 5.41) is 3.77. The first-order valence-electron chi connectivity index (χ1n) is 7.14. The fourth-order valence-electron chi connectivity index (χ4n) is 1.91. The average Bonchev–Trinajstić information content (AvgIpc) is 2.49. The normalized spacial score (nSPS) is 11.5. The molecule has 0 amide bonds. The van der Waals surface area contributed by atoms with Gasteiger partial charge < -0.3 is 10.2 Å². The van der Waals surface area contributed by atoms with Crippen molar-refractivity contribution in [2.75, 3.05) is 37.2 Å². The minimum atomic E-state index is -3.61. The molecule has 5 nitrogen and oxygen atoms in total. The summed E-state index contributed by atoms with van der Waals surface area (Å²) in [5.41, 5.74) is 1.46. The van der Waals surface area contributed by atoms with Gasteiger partial charge in [0.15, 0.2) is 0 Å². The van der Waals surface area contributed by atoms with Crippen LogP contribution in [0.5, 0.6) is 0 Å². The van der Waals surface area contributed by atoms with E-state index in [1.54, 1.807) is 24.3 Å². The Kier molecular flexibility index (Phi) is 5.87. The standard InChI is InChI=1S/C16H20ClN3O2S/c1-20(2)12-11-18-14-5-7-15(8-6-14)19-23(21,22)16-9-3-13(17)4-10-16/h3-10,18-19H,11-12H2,1-2H3. The number of nitrogens with zero attached hydrogens (tertiary/aromatic N) is 1. The largest absolute Gasteiger partial charge is 0.384 e. The minimum absolute atomic E-state index is 0.176. The van der Waals surface area contributed by atoms with Crippen LogP contribution in [0.1, 0.15) is 0 Å². The highest BCUT2D eigenvalue weighted by atomic mass is 35.5. The lowest BCUT2D eigenvalue weighted by molar-refractivity contribution is 0.425. The van der Waals surface area contributed by atoms with Crippen molar-refractivity contribution in [3.05, 3.63) is 53.6 Å². The third-order valence-corrected chi connectivity index (χ3v) is 4.80. The number of halogens is 1. The Labute approximate surface area is 142 Å². The predicted molar refractivity (Wildman–Crippen MR) is 95.7 cm³/mol. The van der Waals surface area contributed by atoms with Crippen molar-refractivity contribution in [2.24, 2.45) is 0 Å². The molecule has 2 aromatic carbocycles. The molecular weight excluding hydrogens is 334 g/mol. The zero-order chi connectivity index (χ0) is 16.9. The first kappa shape index (κ1) is 17.6. The Morgan fingerprint density at radius 3 is 2.09 bits per heavy atom. The molecule has 2 N–H and O–H groups in total. The van der Waals surface area contributed by atoms with E-state index >= 15 is 0 Å². The van der Waals surface area contributed by atoms with Gasteiger partial charge in [-0.1, -0.05) is 11.6 Å². The van der Waals surface area contributed by atoms with Crippen molar-refractivity contribution in [3.63, 3.8) is 0 Å². The SMILES string of the molecule is CN(C)CCNc1ccc(NS(=O)(=O)c2ccc(Cl)cc2)cc1. The summed E-state index contributed by atoms with van der Waals surface area (Å²) < 4.78 is 27.1. The van der Waals surface area contributed by atoms with Crippen molar-refractivity contribution in [3.8, 4) is 0 Å². The second-order valence-corrected chi connectivity index (χ2v) is 7.49. The minimum Gasteiger partial charge on any atom is -0.384 e. The molecule has 124 valence electrons. The lowest BCUT2D eigenvalue weighted by Gasteiger charge is -2.12. The van der Waals surface area contributed by atoms with Gasteiger partial charge in [-0.15, -0.1) is 0 Å². The van der Waals surface area contributed by atoms with Gasteiger partial charge in [-0.3, -0.25) is 4.72 Å². The Hall–Kier alpha value is -1.76. The number of benzene rings is 2. The van der Waals surface area contributed by atoms with Crippen LogP contribution in [0.3, 0.4) is 0 Å². The molecule has 0 saturated carbocycles. The highest BCUT2D eigenvalue weighted by molar-refractivity contribution is 7.92. The van der Waals surface area contributed by atoms with Crippen LogP contribution < -0.4 is 10.0 Å². The van der Waals surface area contributed by atoms with E-state index in [1.807, 2.05) is 26.2 Å². The lowest BCUT2D eigenvalue weighted by atomic mass is 10.3. The van der Waals surface area contributed by atoms with Crippen molar-refractivity contribution in [1.82, 2.24) is 4.90 Å². The van der Waals surface area contributed by atoms with Crippen LogP contribution in [-0.4, -0.2) is 40.5 Å². The van der Waals surface area contributed by atoms with Crippen LogP contribution in [0, 0.1) is 0 Å². The highest BCUT2D eigenvalue weighted by Crippen LogP contribution is 2.19. The van der Waals surface area contributed by atoms with Gasteiger partial charge in [0.05, 0.1) is 4.90 Å². The van der Waals surface area contributed by atoms with E-state index in [4.69, 9.17) is 11.6 Å². The summed E-state index contributed by atoms with van der Waals surface area (Å²) in [6.45, 7) is 1.74. The molecule has 0 aliphatic rings. The maximum atomic E-state index is 12.3. The van der Waals surface area contributed by atoms with Crippen LogP contribution in [-0.2, 0) is 10.0 Å². The Bertz CT molecular complexity index is 729. The quantitative estimate of drug-likeness (QED) is 0.802. The van der Waals surface area contributed by atoms with E-state index in [1.165, 1.54) is 12.1 Å². The summed E-state index contributed by atoms with van der Waals surface area (Å²) in [7, 11) is 0.414. The average molecular weight is 354 g/mol. The van der Waals surface area contributed by atoms with Crippen molar-refractivity contribution in [1.29, 1.82) is 0 Å². The van der Waals surface area contributed by atoms with Crippen LogP contribution in [0.4, 0.5) is 11.4 Å². The van der Waals surface area contributed by atoms with Gasteiger partial charge in [0, 0.05) is 29.5 Å². The van der Waals surface area contributed by atoms with Crippen LogP contribution in [0.2, 0.25) is 5.02 Å².